The van der Waals surface area contributed by atoms with Crippen LogP contribution in [0.15, 0.2) is 12.3 Å². The zero-order chi connectivity index (χ0) is 11.1. The molecule has 1 heterocycles. The van der Waals surface area contributed by atoms with Gasteiger partial charge in [0.05, 0.1) is 5.02 Å². The van der Waals surface area contributed by atoms with Crippen LogP contribution in [0.3, 0.4) is 0 Å². The molecule has 0 atom stereocenters. The van der Waals surface area contributed by atoms with E-state index in [0.29, 0.717) is 11.6 Å². The third-order valence-corrected chi connectivity index (χ3v) is 2.04. The van der Waals surface area contributed by atoms with E-state index >= 15 is 0 Å². The van der Waals surface area contributed by atoms with Crippen molar-refractivity contribution in [3.8, 4) is 0 Å². The summed E-state index contributed by atoms with van der Waals surface area (Å²) in [4.78, 5) is 3.85. The number of pyridine rings is 1. The molecule has 0 aliphatic heterocycles. The predicted octanol–water partition coefficient (Wildman–Crippen LogP) is 2.29. The lowest BCUT2D eigenvalue weighted by Gasteiger charge is -2.07. The monoisotopic (exact) mass is 231 g/mol. The van der Waals surface area contributed by atoms with Gasteiger partial charge in [0.1, 0.15) is 0 Å². The van der Waals surface area contributed by atoms with Crippen LogP contribution in [0.2, 0.25) is 5.02 Å². The van der Waals surface area contributed by atoms with E-state index in [1.165, 1.54) is 12.3 Å². The molecule has 0 saturated carbocycles. The molecular formula is C10H15ClFN3. The summed E-state index contributed by atoms with van der Waals surface area (Å²) < 4.78 is 13.2. The van der Waals surface area contributed by atoms with Gasteiger partial charge < -0.3 is 10.6 Å². The van der Waals surface area contributed by atoms with E-state index in [0.717, 1.165) is 19.5 Å². The molecule has 5 heteroatoms. The van der Waals surface area contributed by atoms with Gasteiger partial charge in [-0.05, 0) is 19.0 Å². The molecule has 1 aromatic rings. The third-order valence-electron chi connectivity index (χ3n) is 1.83. The standard InChI is InChI=1S/C10H15ClFN3/c1-2-3-13-4-5-14-10-9(12)6-8(11)7-15-10/h6-7,13H,2-5H2,1H3,(H,14,15). The minimum absolute atomic E-state index is 0.248. The fraction of sp³-hybridized carbons (Fsp3) is 0.500. The lowest BCUT2D eigenvalue weighted by Crippen LogP contribution is -2.23. The van der Waals surface area contributed by atoms with Crippen LogP contribution in [0.4, 0.5) is 10.2 Å². The Morgan fingerprint density at radius 1 is 1.40 bits per heavy atom. The first-order valence-electron chi connectivity index (χ1n) is 4.99. The second-order valence-electron chi connectivity index (χ2n) is 3.16. The maximum Gasteiger partial charge on any atom is 0.166 e. The highest BCUT2D eigenvalue weighted by molar-refractivity contribution is 6.30. The van der Waals surface area contributed by atoms with Gasteiger partial charge in [-0.3, -0.25) is 0 Å². The average molecular weight is 232 g/mol. The highest BCUT2D eigenvalue weighted by Crippen LogP contribution is 2.14. The van der Waals surface area contributed by atoms with Crippen LogP contribution >= 0.6 is 11.6 Å². The zero-order valence-electron chi connectivity index (χ0n) is 8.69. The number of hydrogen-bond acceptors (Lipinski definition) is 3. The number of rotatable bonds is 6. The zero-order valence-corrected chi connectivity index (χ0v) is 9.44. The van der Waals surface area contributed by atoms with Gasteiger partial charge in [0.2, 0.25) is 0 Å². The van der Waals surface area contributed by atoms with E-state index in [-0.39, 0.29) is 5.82 Å². The molecule has 1 rings (SSSR count). The van der Waals surface area contributed by atoms with Crippen molar-refractivity contribution in [2.24, 2.45) is 0 Å². The van der Waals surface area contributed by atoms with Gasteiger partial charge in [0.15, 0.2) is 11.6 Å². The summed E-state index contributed by atoms with van der Waals surface area (Å²) in [7, 11) is 0. The van der Waals surface area contributed by atoms with Crippen molar-refractivity contribution >= 4 is 17.4 Å². The summed E-state index contributed by atoms with van der Waals surface area (Å²) in [5, 5.41) is 6.40. The van der Waals surface area contributed by atoms with E-state index in [2.05, 4.69) is 22.5 Å². The molecule has 0 fully saturated rings. The number of anilines is 1. The predicted molar refractivity (Wildman–Crippen MR) is 60.9 cm³/mol. The number of nitrogens with zero attached hydrogens (tertiary/aromatic N) is 1. The first-order valence-corrected chi connectivity index (χ1v) is 5.37. The van der Waals surface area contributed by atoms with Crippen LogP contribution in [0, 0.1) is 5.82 Å². The number of aromatic nitrogens is 1. The molecule has 84 valence electrons. The Hall–Kier alpha value is -0.870. The summed E-state index contributed by atoms with van der Waals surface area (Å²) in [6, 6.07) is 1.25. The van der Waals surface area contributed by atoms with E-state index in [9.17, 15) is 4.39 Å². The second kappa shape index (κ2) is 6.58. The van der Waals surface area contributed by atoms with Gasteiger partial charge in [-0.1, -0.05) is 18.5 Å². The first kappa shape index (κ1) is 12.2. The van der Waals surface area contributed by atoms with E-state index in [1.807, 2.05) is 0 Å². The van der Waals surface area contributed by atoms with Crippen LogP contribution in [0.5, 0.6) is 0 Å². The largest absolute Gasteiger partial charge is 0.366 e. The summed E-state index contributed by atoms with van der Waals surface area (Å²) in [6.45, 7) is 4.50. The smallest absolute Gasteiger partial charge is 0.166 e. The molecule has 1 aromatic heterocycles. The molecule has 0 amide bonds. The van der Waals surface area contributed by atoms with Crippen molar-refractivity contribution in [1.29, 1.82) is 0 Å². The van der Waals surface area contributed by atoms with Crippen molar-refractivity contribution in [3.63, 3.8) is 0 Å². The summed E-state index contributed by atoms with van der Waals surface area (Å²) >= 11 is 5.58. The topological polar surface area (TPSA) is 37.0 Å². The van der Waals surface area contributed by atoms with Gasteiger partial charge in [0.25, 0.3) is 0 Å². The van der Waals surface area contributed by atoms with Crippen molar-refractivity contribution in [2.45, 2.75) is 13.3 Å². The average Bonchev–Trinajstić information content (AvgIpc) is 2.20. The fourth-order valence-electron chi connectivity index (χ4n) is 1.12. The molecule has 3 nitrogen and oxygen atoms in total. The lowest BCUT2D eigenvalue weighted by atomic mass is 10.4. The lowest BCUT2D eigenvalue weighted by molar-refractivity contribution is 0.622. The van der Waals surface area contributed by atoms with Crippen molar-refractivity contribution < 1.29 is 4.39 Å². The molecule has 0 radical (unpaired) electrons. The van der Waals surface area contributed by atoms with Gasteiger partial charge in [-0.15, -0.1) is 0 Å². The number of nitrogens with one attached hydrogen (secondary N) is 2. The molecule has 0 aliphatic rings. The Bertz CT molecular complexity index is 307. The van der Waals surface area contributed by atoms with Crippen LogP contribution in [0.1, 0.15) is 13.3 Å². The molecule has 15 heavy (non-hydrogen) atoms. The normalized spacial score (nSPS) is 10.3. The molecule has 0 aromatic carbocycles. The van der Waals surface area contributed by atoms with Crippen LogP contribution in [-0.4, -0.2) is 24.6 Å². The molecule has 0 aliphatic carbocycles. The van der Waals surface area contributed by atoms with Gasteiger partial charge in [-0.2, -0.15) is 0 Å². The van der Waals surface area contributed by atoms with Gasteiger partial charge >= 0.3 is 0 Å². The first-order chi connectivity index (χ1) is 7.24. The Kier molecular flexibility index (Phi) is 5.36. The van der Waals surface area contributed by atoms with Crippen molar-refractivity contribution in [3.05, 3.63) is 23.1 Å². The Morgan fingerprint density at radius 3 is 2.87 bits per heavy atom. The maximum atomic E-state index is 13.2. The minimum atomic E-state index is -0.419. The molecule has 2 N–H and O–H groups in total. The van der Waals surface area contributed by atoms with Gasteiger partial charge in [-0.25, -0.2) is 9.37 Å². The third kappa shape index (κ3) is 4.44. The molecular weight excluding hydrogens is 217 g/mol. The second-order valence-corrected chi connectivity index (χ2v) is 3.60. The Balaban J connectivity index is 2.31. The summed E-state index contributed by atoms with van der Waals surface area (Å²) in [6.07, 6.45) is 2.51. The SMILES string of the molecule is CCCNCCNc1ncc(Cl)cc1F. The Morgan fingerprint density at radius 2 is 2.20 bits per heavy atom. The van der Waals surface area contributed by atoms with Crippen molar-refractivity contribution in [2.75, 3.05) is 25.0 Å². The highest BCUT2D eigenvalue weighted by atomic mass is 35.5. The molecule has 0 bridgehead atoms. The maximum absolute atomic E-state index is 13.2. The molecule has 0 spiro atoms. The van der Waals surface area contributed by atoms with E-state index in [1.54, 1.807) is 0 Å². The van der Waals surface area contributed by atoms with Crippen LogP contribution in [-0.2, 0) is 0 Å². The Labute approximate surface area is 94.0 Å². The summed E-state index contributed by atoms with van der Waals surface area (Å²) in [5.41, 5.74) is 0. The van der Waals surface area contributed by atoms with Crippen molar-refractivity contribution in [1.82, 2.24) is 10.3 Å². The number of halogens is 2. The molecule has 0 unspecified atom stereocenters. The summed E-state index contributed by atoms with van der Waals surface area (Å²) in [5.74, 6) is -0.171. The fourth-order valence-corrected chi connectivity index (χ4v) is 1.26. The quantitative estimate of drug-likeness (QED) is 0.738. The van der Waals surface area contributed by atoms with Crippen LogP contribution < -0.4 is 10.6 Å². The van der Waals surface area contributed by atoms with E-state index < -0.39 is 5.82 Å². The van der Waals surface area contributed by atoms with E-state index in [4.69, 9.17) is 11.6 Å². The molecule has 0 saturated heterocycles. The van der Waals surface area contributed by atoms with Crippen LogP contribution in [0.25, 0.3) is 0 Å². The number of hydrogen-bond donors (Lipinski definition) is 2. The highest BCUT2D eigenvalue weighted by Gasteiger charge is 2.02. The van der Waals surface area contributed by atoms with Gasteiger partial charge in [0, 0.05) is 19.3 Å². The minimum Gasteiger partial charge on any atom is -0.366 e.